The lowest BCUT2D eigenvalue weighted by Crippen LogP contribution is -2.29. The van der Waals surface area contributed by atoms with Crippen molar-refractivity contribution in [1.29, 1.82) is 0 Å². The Morgan fingerprint density at radius 2 is 1.92 bits per heavy atom. The highest BCUT2D eigenvalue weighted by Gasteiger charge is 2.24. The molecule has 1 unspecified atom stereocenters. The number of ether oxygens (including phenoxy) is 2. The van der Waals surface area contributed by atoms with E-state index < -0.39 is 10.1 Å². The van der Waals surface area contributed by atoms with Crippen molar-refractivity contribution in [3.05, 3.63) is 53.6 Å². The minimum absolute atomic E-state index is 0.00708. The Labute approximate surface area is 142 Å². The van der Waals surface area contributed by atoms with E-state index in [1.807, 2.05) is 25.1 Å². The van der Waals surface area contributed by atoms with Gasteiger partial charge in [-0.25, -0.2) is 0 Å². The van der Waals surface area contributed by atoms with Crippen LogP contribution in [0.3, 0.4) is 0 Å². The normalized spacial score (nSPS) is 17.0. The first-order valence-electron chi connectivity index (χ1n) is 7.77. The Hall–Kier alpha value is -2.05. The minimum atomic E-state index is -3.77. The van der Waals surface area contributed by atoms with Crippen LogP contribution >= 0.6 is 0 Å². The zero-order valence-electron chi connectivity index (χ0n) is 13.7. The second-order valence-corrected chi connectivity index (χ2v) is 7.42. The molecule has 0 saturated heterocycles. The maximum absolute atomic E-state index is 12.2. The van der Waals surface area contributed by atoms with Crippen molar-refractivity contribution >= 4 is 10.1 Å². The average Bonchev–Trinajstić information content (AvgIpc) is 2.59. The van der Waals surface area contributed by atoms with Crippen LogP contribution in [-0.2, 0) is 20.7 Å². The largest absolute Gasteiger partial charge is 0.497 e. The highest BCUT2D eigenvalue weighted by molar-refractivity contribution is 7.86. The Morgan fingerprint density at radius 1 is 1.17 bits per heavy atom. The third-order valence-electron chi connectivity index (χ3n) is 4.02. The van der Waals surface area contributed by atoms with Crippen LogP contribution in [0, 0.1) is 6.92 Å². The molecule has 2 aromatic rings. The van der Waals surface area contributed by atoms with Crippen molar-refractivity contribution in [1.82, 2.24) is 0 Å². The van der Waals surface area contributed by atoms with Crippen molar-refractivity contribution in [3.63, 3.8) is 0 Å². The van der Waals surface area contributed by atoms with Crippen LogP contribution in [0.4, 0.5) is 0 Å². The van der Waals surface area contributed by atoms with E-state index in [-0.39, 0.29) is 17.6 Å². The zero-order chi connectivity index (χ0) is 17.2. The summed E-state index contributed by atoms with van der Waals surface area (Å²) < 4.78 is 40.7. The van der Waals surface area contributed by atoms with Crippen LogP contribution in [0.25, 0.3) is 0 Å². The number of aryl methyl sites for hydroxylation is 2. The summed E-state index contributed by atoms with van der Waals surface area (Å²) in [7, 11) is -2.17. The van der Waals surface area contributed by atoms with Crippen LogP contribution < -0.4 is 9.47 Å². The summed E-state index contributed by atoms with van der Waals surface area (Å²) in [5.41, 5.74) is 2.09. The monoisotopic (exact) mass is 348 g/mol. The first-order valence-corrected chi connectivity index (χ1v) is 9.18. The van der Waals surface area contributed by atoms with E-state index in [1.165, 1.54) is 0 Å². The lowest BCUT2D eigenvalue weighted by Gasteiger charge is -2.26. The molecule has 1 atom stereocenters. The van der Waals surface area contributed by atoms with Gasteiger partial charge in [0.15, 0.2) is 0 Å². The van der Waals surface area contributed by atoms with E-state index in [1.54, 1.807) is 31.4 Å². The smallest absolute Gasteiger partial charge is 0.297 e. The highest BCUT2D eigenvalue weighted by Crippen LogP contribution is 2.31. The van der Waals surface area contributed by atoms with E-state index in [9.17, 15) is 8.42 Å². The molecule has 5 nitrogen and oxygen atoms in total. The van der Waals surface area contributed by atoms with Gasteiger partial charge in [0.05, 0.1) is 12.0 Å². The number of fused-ring (bicyclic) bond motifs is 1. The molecule has 24 heavy (non-hydrogen) atoms. The van der Waals surface area contributed by atoms with Gasteiger partial charge >= 0.3 is 0 Å². The van der Waals surface area contributed by atoms with Gasteiger partial charge in [0.1, 0.15) is 24.2 Å². The second-order valence-electron chi connectivity index (χ2n) is 5.80. The van der Waals surface area contributed by atoms with Gasteiger partial charge in [0.2, 0.25) is 0 Å². The summed E-state index contributed by atoms with van der Waals surface area (Å²) >= 11 is 0. The molecular formula is C18H20O5S. The van der Waals surface area contributed by atoms with E-state index in [0.717, 1.165) is 23.3 Å². The van der Waals surface area contributed by atoms with Crippen molar-refractivity contribution in [2.24, 2.45) is 0 Å². The third kappa shape index (κ3) is 3.71. The Balaban J connectivity index is 1.66. The summed E-state index contributed by atoms with van der Waals surface area (Å²) in [5.74, 6) is 1.43. The molecule has 0 saturated carbocycles. The van der Waals surface area contributed by atoms with Gasteiger partial charge in [-0.3, -0.25) is 4.18 Å². The lowest BCUT2D eigenvalue weighted by molar-refractivity contribution is 0.112. The average molecular weight is 348 g/mol. The Morgan fingerprint density at radius 3 is 2.62 bits per heavy atom. The van der Waals surface area contributed by atoms with Gasteiger partial charge in [0, 0.05) is 6.07 Å². The molecule has 0 radical (unpaired) electrons. The van der Waals surface area contributed by atoms with Gasteiger partial charge in [-0.15, -0.1) is 0 Å². The van der Waals surface area contributed by atoms with Crippen LogP contribution in [0.15, 0.2) is 47.4 Å². The predicted octanol–water partition coefficient (Wildman–Crippen LogP) is 3.10. The van der Waals surface area contributed by atoms with Crippen LogP contribution in [-0.4, -0.2) is 28.2 Å². The molecular weight excluding hydrogens is 328 g/mol. The molecule has 0 spiro atoms. The van der Waals surface area contributed by atoms with Gasteiger partial charge in [-0.05, 0) is 43.5 Å². The molecule has 2 aromatic carbocycles. The molecule has 0 fully saturated rings. The number of benzene rings is 2. The first kappa shape index (κ1) is 16.8. The molecule has 6 heteroatoms. The Kier molecular flexibility index (Phi) is 4.78. The molecule has 0 amide bonds. The molecule has 0 aliphatic carbocycles. The first-order chi connectivity index (χ1) is 11.5. The maximum atomic E-state index is 12.2. The zero-order valence-corrected chi connectivity index (χ0v) is 14.5. The number of hydrogen-bond donors (Lipinski definition) is 0. The number of hydrogen-bond acceptors (Lipinski definition) is 5. The molecule has 1 aliphatic rings. The number of methoxy groups -OCH3 is 1. The quantitative estimate of drug-likeness (QED) is 0.777. The molecule has 3 rings (SSSR count). The standard InChI is InChI=1S/C18H20O5S/c1-13-3-9-17(10-4-13)24(19,20)22-12-16-8-6-14-5-7-15(21-2)11-18(14)23-16/h3-5,7,9-11,16H,6,8,12H2,1-2H3. The second kappa shape index (κ2) is 6.83. The summed E-state index contributed by atoms with van der Waals surface area (Å²) in [6, 6.07) is 12.3. The van der Waals surface area contributed by atoms with E-state index in [4.69, 9.17) is 13.7 Å². The molecule has 0 bridgehead atoms. The topological polar surface area (TPSA) is 61.8 Å². The Bertz CT molecular complexity index is 812. The summed E-state index contributed by atoms with van der Waals surface area (Å²) in [6.45, 7) is 1.89. The summed E-state index contributed by atoms with van der Waals surface area (Å²) in [6.07, 6.45) is 1.23. The molecule has 128 valence electrons. The van der Waals surface area contributed by atoms with Gasteiger partial charge in [0.25, 0.3) is 10.1 Å². The third-order valence-corrected chi connectivity index (χ3v) is 5.32. The van der Waals surface area contributed by atoms with E-state index >= 15 is 0 Å². The summed E-state index contributed by atoms with van der Waals surface area (Å²) in [5, 5.41) is 0. The minimum Gasteiger partial charge on any atom is -0.497 e. The summed E-state index contributed by atoms with van der Waals surface area (Å²) in [4.78, 5) is 0.158. The van der Waals surface area contributed by atoms with Gasteiger partial charge in [-0.2, -0.15) is 8.42 Å². The fourth-order valence-electron chi connectivity index (χ4n) is 2.59. The van der Waals surface area contributed by atoms with E-state index in [2.05, 4.69) is 0 Å². The van der Waals surface area contributed by atoms with Gasteiger partial charge in [-0.1, -0.05) is 23.8 Å². The van der Waals surface area contributed by atoms with E-state index in [0.29, 0.717) is 12.2 Å². The maximum Gasteiger partial charge on any atom is 0.297 e. The fourth-order valence-corrected chi connectivity index (χ4v) is 3.53. The van der Waals surface area contributed by atoms with Crippen molar-refractivity contribution in [2.45, 2.75) is 30.8 Å². The van der Waals surface area contributed by atoms with Crippen molar-refractivity contribution in [2.75, 3.05) is 13.7 Å². The van der Waals surface area contributed by atoms with Crippen LogP contribution in [0.2, 0.25) is 0 Å². The SMILES string of the molecule is COc1ccc2c(c1)OC(COS(=O)(=O)c1ccc(C)cc1)CC2. The molecule has 0 aromatic heterocycles. The number of rotatable bonds is 5. The molecule has 0 N–H and O–H groups in total. The van der Waals surface area contributed by atoms with Crippen molar-refractivity contribution in [3.8, 4) is 11.5 Å². The highest BCUT2D eigenvalue weighted by atomic mass is 32.2. The van der Waals surface area contributed by atoms with Crippen LogP contribution in [0.5, 0.6) is 11.5 Å². The van der Waals surface area contributed by atoms with Crippen molar-refractivity contribution < 1.29 is 22.1 Å². The lowest BCUT2D eigenvalue weighted by atomic mass is 10.0. The van der Waals surface area contributed by atoms with Crippen LogP contribution in [0.1, 0.15) is 17.5 Å². The fraction of sp³-hybridized carbons (Fsp3) is 0.333. The molecule has 1 heterocycles. The van der Waals surface area contributed by atoms with Gasteiger partial charge < -0.3 is 9.47 Å². The molecule has 1 aliphatic heterocycles. The predicted molar refractivity (Wildman–Crippen MR) is 90.0 cm³/mol.